The Morgan fingerprint density at radius 1 is 1.03 bits per heavy atom. The third-order valence-electron chi connectivity index (χ3n) is 5.82. The zero-order chi connectivity index (χ0) is 19.9. The topological polar surface area (TPSA) is 64.8 Å². The molecule has 0 spiro atoms. The lowest BCUT2D eigenvalue weighted by atomic mass is 10.1. The van der Waals surface area contributed by atoms with Crippen LogP contribution in [0.4, 0.5) is 0 Å². The Kier molecular flexibility index (Phi) is 4.12. The van der Waals surface area contributed by atoms with E-state index >= 15 is 0 Å². The number of nitrogens with zero attached hydrogens (tertiary/aromatic N) is 5. The first-order chi connectivity index (χ1) is 14.8. The van der Waals surface area contributed by atoms with E-state index in [9.17, 15) is 0 Å². The summed E-state index contributed by atoms with van der Waals surface area (Å²) in [6.45, 7) is 3.20. The quantitative estimate of drug-likeness (QED) is 0.523. The number of ether oxygens (including phenoxy) is 2. The molecule has 7 nitrogen and oxygen atoms in total. The van der Waals surface area contributed by atoms with Gasteiger partial charge in [0.15, 0.2) is 23.0 Å². The van der Waals surface area contributed by atoms with Crippen molar-refractivity contribution in [3.8, 4) is 22.6 Å². The fourth-order valence-corrected chi connectivity index (χ4v) is 4.26. The van der Waals surface area contributed by atoms with Gasteiger partial charge in [0.05, 0.1) is 0 Å². The number of benzene rings is 1. The second kappa shape index (κ2) is 7.11. The summed E-state index contributed by atoms with van der Waals surface area (Å²) >= 11 is 0. The SMILES string of the molecule is c1cncc(-c2ccc3nc([C@H]4CCN(Cc5ccc6c(c5)OCO6)C4)nn3c2)c1. The van der Waals surface area contributed by atoms with E-state index in [2.05, 4.69) is 34.1 Å². The van der Waals surface area contributed by atoms with Gasteiger partial charge in [-0.2, -0.15) is 5.10 Å². The summed E-state index contributed by atoms with van der Waals surface area (Å²) in [5, 5.41) is 4.79. The van der Waals surface area contributed by atoms with E-state index in [0.29, 0.717) is 12.7 Å². The van der Waals surface area contributed by atoms with E-state index in [-0.39, 0.29) is 0 Å². The van der Waals surface area contributed by atoms with Gasteiger partial charge in [0.2, 0.25) is 6.79 Å². The van der Waals surface area contributed by atoms with Gasteiger partial charge in [0.1, 0.15) is 0 Å². The first-order valence-electron chi connectivity index (χ1n) is 10.2. The molecule has 1 fully saturated rings. The van der Waals surface area contributed by atoms with Crippen molar-refractivity contribution < 1.29 is 9.47 Å². The minimum atomic E-state index is 0.312. The molecular weight excluding hydrogens is 378 g/mol. The maximum absolute atomic E-state index is 5.50. The first-order valence-corrected chi connectivity index (χ1v) is 10.2. The number of likely N-dealkylation sites (tertiary alicyclic amines) is 1. The van der Waals surface area contributed by atoms with Gasteiger partial charge in [-0.05, 0) is 48.9 Å². The summed E-state index contributed by atoms with van der Waals surface area (Å²) in [5.41, 5.74) is 4.28. The van der Waals surface area contributed by atoms with Crippen molar-refractivity contribution in [2.75, 3.05) is 19.9 Å². The lowest BCUT2D eigenvalue weighted by Crippen LogP contribution is -2.20. The van der Waals surface area contributed by atoms with Gasteiger partial charge in [-0.25, -0.2) is 9.50 Å². The molecule has 1 saturated heterocycles. The van der Waals surface area contributed by atoms with E-state index < -0.39 is 0 Å². The van der Waals surface area contributed by atoms with E-state index in [4.69, 9.17) is 19.6 Å². The highest BCUT2D eigenvalue weighted by atomic mass is 16.7. The van der Waals surface area contributed by atoms with Crippen LogP contribution in [0.15, 0.2) is 61.1 Å². The molecule has 0 aliphatic carbocycles. The molecule has 0 N–H and O–H groups in total. The number of aromatic nitrogens is 4. The molecule has 1 atom stereocenters. The summed E-state index contributed by atoms with van der Waals surface area (Å²) in [6, 6.07) is 14.3. The average molecular weight is 399 g/mol. The zero-order valence-corrected chi connectivity index (χ0v) is 16.4. The van der Waals surface area contributed by atoms with Gasteiger partial charge in [-0.1, -0.05) is 12.1 Å². The number of hydrogen-bond donors (Lipinski definition) is 0. The summed E-state index contributed by atoms with van der Waals surface area (Å²) < 4.78 is 12.8. The molecule has 2 aliphatic rings. The summed E-state index contributed by atoms with van der Waals surface area (Å²) in [5.74, 6) is 2.94. The monoisotopic (exact) mass is 399 g/mol. The summed E-state index contributed by atoms with van der Waals surface area (Å²) in [7, 11) is 0. The van der Waals surface area contributed by atoms with Crippen LogP contribution < -0.4 is 9.47 Å². The smallest absolute Gasteiger partial charge is 0.231 e. The van der Waals surface area contributed by atoms with E-state index in [1.807, 2.05) is 35.1 Å². The Labute approximate surface area is 173 Å². The molecule has 6 rings (SSSR count). The number of fused-ring (bicyclic) bond motifs is 2. The highest BCUT2D eigenvalue weighted by Gasteiger charge is 2.27. The molecule has 4 aromatic rings. The molecule has 0 radical (unpaired) electrons. The van der Waals surface area contributed by atoms with Gasteiger partial charge >= 0.3 is 0 Å². The van der Waals surface area contributed by atoms with Crippen LogP contribution in [0.2, 0.25) is 0 Å². The molecule has 5 heterocycles. The summed E-state index contributed by atoms with van der Waals surface area (Å²) in [4.78, 5) is 11.5. The normalized spacial score (nSPS) is 18.3. The Morgan fingerprint density at radius 2 is 2.00 bits per heavy atom. The summed E-state index contributed by atoms with van der Waals surface area (Å²) in [6.07, 6.45) is 6.74. The Hall–Kier alpha value is -3.45. The predicted octanol–water partition coefficient (Wildman–Crippen LogP) is 3.51. The minimum absolute atomic E-state index is 0.312. The molecule has 3 aromatic heterocycles. The van der Waals surface area contributed by atoms with E-state index in [1.165, 1.54) is 5.56 Å². The van der Waals surface area contributed by atoms with Crippen LogP contribution in [0.5, 0.6) is 11.5 Å². The molecule has 150 valence electrons. The van der Waals surface area contributed by atoms with Crippen LogP contribution in [0.1, 0.15) is 23.7 Å². The molecule has 0 amide bonds. The maximum atomic E-state index is 5.50. The van der Waals surface area contributed by atoms with Crippen molar-refractivity contribution in [1.82, 2.24) is 24.5 Å². The third kappa shape index (κ3) is 3.17. The molecule has 7 heteroatoms. The molecule has 30 heavy (non-hydrogen) atoms. The van der Waals surface area contributed by atoms with Crippen LogP contribution in [0.25, 0.3) is 16.8 Å². The van der Waals surface area contributed by atoms with Crippen molar-refractivity contribution in [1.29, 1.82) is 0 Å². The van der Waals surface area contributed by atoms with Gasteiger partial charge < -0.3 is 9.47 Å². The van der Waals surface area contributed by atoms with Crippen molar-refractivity contribution in [3.05, 3.63) is 72.4 Å². The lowest BCUT2D eigenvalue weighted by Gasteiger charge is -2.15. The third-order valence-corrected chi connectivity index (χ3v) is 5.82. The molecule has 2 aliphatic heterocycles. The lowest BCUT2D eigenvalue weighted by molar-refractivity contribution is 0.174. The van der Waals surface area contributed by atoms with Crippen LogP contribution in [0, 0.1) is 0 Å². The fraction of sp³-hybridized carbons (Fsp3) is 0.261. The Balaban J connectivity index is 1.18. The number of pyridine rings is 2. The van der Waals surface area contributed by atoms with Crippen LogP contribution in [0.3, 0.4) is 0 Å². The van der Waals surface area contributed by atoms with E-state index in [1.54, 1.807) is 6.20 Å². The minimum Gasteiger partial charge on any atom is -0.454 e. The Morgan fingerprint density at radius 3 is 2.93 bits per heavy atom. The molecule has 1 aromatic carbocycles. The van der Waals surface area contributed by atoms with Gasteiger partial charge in [0.25, 0.3) is 0 Å². The largest absolute Gasteiger partial charge is 0.454 e. The van der Waals surface area contributed by atoms with E-state index in [0.717, 1.165) is 60.2 Å². The zero-order valence-electron chi connectivity index (χ0n) is 16.4. The number of rotatable bonds is 4. The van der Waals surface area contributed by atoms with Crippen molar-refractivity contribution >= 4 is 5.65 Å². The molecule has 0 bridgehead atoms. The standard InChI is InChI=1S/C23H21N5O2/c1-2-17(11-24-8-1)18-4-6-22-25-23(26-28(22)14-18)19-7-9-27(13-19)12-16-3-5-20-21(10-16)30-15-29-20/h1-6,8,10-11,14,19H,7,9,12-13,15H2/t19-/m0/s1. The average Bonchev–Trinajstić information content (AvgIpc) is 3.52. The van der Waals surface area contributed by atoms with Crippen LogP contribution >= 0.6 is 0 Å². The number of hydrogen-bond acceptors (Lipinski definition) is 6. The van der Waals surface area contributed by atoms with Gasteiger partial charge in [-0.3, -0.25) is 9.88 Å². The van der Waals surface area contributed by atoms with Crippen molar-refractivity contribution in [2.24, 2.45) is 0 Å². The molecular formula is C23H21N5O2. The first kappa shape index (κ1) is 17.4. The highest BCUT2D eigenvalue weighted by molar-refractivity contribution is 5.63. The predicted molar refractivity (Wildman–Crippen MR) is 111 cm³/mol. The highest BCUT2D eigenvalue weighted by Crippen LogP contribution is 2.34. The second-order valence-electron chi connectivity index (χ2n) is 7.84. The van der Waals surface area contributed by atoms with Crippen LogP contribution in [-0.4, -0.2) is 44.4 Å². The van der Waals surface area contributed by atoms with Crippen molar-refractivity contribution in [2.45, 2.75) is 18.9 Å². The van der Waals surface area contributed by atoms with Gasteiger partial charge in [-0.15, -0.1) is 0 Å². The van der Waals surface area contributed by atoms with Crippen LogP contribution in [-0.2, 0) is 6.54 Å². The fourth-order valence-electron chi connectivity index (χ4n) is 4.26. The van der Waals surface area contributed by atoms with Crippen molar-refractivity contribution in [3.63, 3.8) is 0 Å². The molecule has 0 unspecified atom stereocenters. The van der Waals surface area contributed by atoms with Gasteiger partial charge in [0, 0.05) is 48.7 Å². The molecule has 0 saturated carbocycles. The maximum Gasteiger partial charge on any atom is 0.231 e. The second-order valence-corrected chi connectivity index (χ2v) is 7.84. The Bertz CT molecular complexity index is 1210.